The van der Waals surface area contributed by atoms with Crippen molar-refractivity contribution >= 4 is 35.6 Å². The zero-order valence-corrected chi connectivity index (χ0v) is 25.6. The van der Waals surface area contributed by atoms with Gasteiger partial charge < -0.3 is 25.0 Å². The molecule has 2 aromatic carbocycles. The van der Waals surface area contributed by atoms with E-state index in [-0.39, 0.29) is 31.5 Å². The largest absolute Gasteiger partial charge is 0.395 e. The van der Waals surface area contributed by atoms with E-state index in [2.05, 4.69) is 30.2 Å². The van der Waals surface area contributed by atoms with E-state index in [1.54, 1.807) is 18.5 Å². The minimum Gasteiger partial charge on any atom is -0.395 e. The van der Waals surface area contributed by atoms with E-state index >= 15 is 0 Å². The van der Waals surface area contributed by atoms with E-state index in [1.807, 2.05) is 43.3 Å². The van der Waals surface area contributed by atoms with Crippen molar-refractivity contribution in [2.75, 3.05) is 25.1 Å². The van der Waals surface area contributed by atoms with Crippen LogP contribution in [0.25, 0.3) is 11.3 Å². The Kier molecular flexibility index (Phi) is 9.29. The number of nitrogens with zero attached hydrogens (tertiary/aromatic N) is 5. The van der Waals surface area contributed by atoms with Crippen LogP contribution in [-0.2, 0) is 22.5 Å². The van der Waals surface area contributed by atoms with Gasteiger partial charge in [-0.15, -0.1) is 0 Å². The lowest BCUT2D eigenvalue weighted by molar-refractivity contribution is -0.122. The predicted octanol–water partition coefficient (Wildman–Crippen LogP) is 4.36. The second kappa shape index (κ2) is 13.7. The van der Waals surface area contributed by atoms with Crippen LogP contribution in [0.1, 0.15) is 51.5 Å². The Morgan fingerprint density at radius 2 is 2.09 bits per heavy atom. The Balaban J connectivity index is 1.25. The fraction of sp³-hybridized carbons (Fsp3) is 0.333. The van der Waals surface area contributed by atoms with Gasteiger partial charge in [-0.3, -0.25) is 9.59 Å². The predicted molar refractivity (Wildman–Crippen MR) is 170 cm³/mol. The summed E-state index contributed by atoms with van der Waals surface area (Å²) >= 11 is 6.53. The number of amides is 2. The number of ether oxygens (including phenoxy) is 1. The fourth-order valence-corrected chi connectivity index (χ4v) is 5.91. The summed E-state index contributed by atoms with van der Waals surface area (Å²) in [7, 11) is 0. The molecular weight excluding hydrogens is 594 g/mol. The number of aromatic nitrogens is 4. The van der Waals surface area contributed by atoms with Gasteiger partial charge >= 0.3 is 0 Å². The zero-order chi connectivity index (χ0) is 31.3. The van der Waals surface area contributed by atoms with Gasteiger partial charge in [-0.25, -0.2) is 19.9 Å². The number of fused-ring (bicyclic) bond motifs is 1. The van der Waals surface area contributed by atoms with Crippen LogP contribution in [0.15, 0.2) is 66.2 Å². The summed E-state index contributed by atoms with van der Waals surface area (Å²) in [5, 5.41) is 13.8. The number of H-pyrrole nitrogens is 1. The molecule has 11 nitrogen and oxygen atoms in total. The minimum atomic E-state index is -0.889. The molecule has 0 saturated carbocycles. The number of anilines is 1. The number of benzene rings is 2. The van der Waals surface area contributed by atoms with Crippen molar-refractivity contribution in [2.24, 2.45) is 4.99 Å². The smallest absolute Gasteiger partial charge is 0.268 e. The molecule has 6 rings (SSSR count). The van der Waals surface area contributed by atoms with Gasteiger partial charge in [-0.05, 0) is 37.0 Å². The first kappa shape index (κ1) is 30.6. The lowest BCUT2D eigenvalue weighted by Crippen LogP contribution is -2.42. The fourth-order valence-electron chi connectivity index (χ4n) is 5.71. The molecule has 0 bridgehead atoms. The monoisotopic (exact) mass is 627 g/mol. The molecule has 232 valence electrons. The topological polar surface area (TPSA) is 146 Å². The molecule has 0 aliphatic carbocycles. The maximum atomic E-state index is 13.9. The molecular formula is C33H34ClN7O4. The van der Waals surface area contributed by atoms with Gasteiger partial charge in [0.15, 0.2) is 0 Å². The second-order valence-electron chi connectivity index (χ2n) is 11.3. The number of nitrogens with one attached hydrogen (secondary N) is 2. The molecule has 2 aliphatic heterocycles. The number of hydrogen-bond acceptors (Lipinski definition) is 8. The van der Waals surface area contributed by atoms with E-state index < -0.39 is 17.9 Å². The summed E-state index contributed by atoms with van der Waals surface area (Å²) in [5.41, 5.74) is 5.03. The Morgan fingerprint density at radius 3 is 2.84 bits per heavy atom. The maximum Gasteiger partial charge on any atom is 0.268 e. The van der Waals surface area contributed by atoms with E-state index in [1.165, 1.54) is 17.4 Å². The van der Waals surface area contributed by atoms with Crippen LogP contribution in [0.3, 0.4) is 0 Å². The number of aryl methyl sites for hydroxylation is 1. The van der Waals surface area contributed by atoms with Crippen molar-refractivity contribution in [3.63, 3.8) is 0 Å². The number of aliphatic hydroxyl groups excluding tert-OH is 1. The molecule has 4 heterocycles. The molecule has 2 aliphatic rings. The van der Waals surface area contributed by atoms with Crippen molar-refractivity contribution in [3.05, 3.63) is 94.2 Å². The highest BCUT2D eigenvalue weighted by Gasteiger charge is 2.37. The van der Waals surface area contributed by atoms with E-state index in [4.69, 9.17) is 16.3 Å². The highest BCUT2D eigenvalue weighted by atomic mass is 35.5. The van der Waals surface area contributed by atoms with Gasteiger partial charge in [0.1, 0.15) is 6.04 Å². The van der Waals surface area contributed by atoms with Crippen molar-refractivity contribution in [1.29, 1.82) is 0 Å². The number of hydrogen-bond donors (Lipinski definition) is 3. The molecule has 12 heteroatoms. The number of aliphatic hydroxyl groups is 1. The Hall–Kier alpha value is -4.45. The molecule has 2 amide bonds. The van der Waals surface area contributed by atoms with Crippen molar-refractivity contribution in [1.82, 2.24) is 24.8 Å². The zero-order valence-electron chi connectivity index (χ0n) is 24.8. The molecule has 1 fully saturated rings. The van der Waals surface area contributed by atoms with Gasteiger partial charge in [0, 0.05) is 67.4 Å². The lowest BCUT2D eigenvalue weighted by atomic mass is 9.99. The molecule has 0 spiro atoms. The highest BCUT2D eigenvalue weighted by molar-refractivity contribution is 6.33. The highest BCUT2D eigenvalue weighted by Crippen LogP contribution is 2.33. The molecule has 1 saturated heterocycles. The van der Waals surface area contributed by atoms with E-state index in [0.29, 0.717) is 46.7 Å². The molecule has 0 radical (unpaired) electrons. The third-order valence-corrected chi connectivity index (χ3v) is 8.47. The summed E-state index contributed by atoms with van der Waals surface area (Å²) in [5.74, 6) is -0.772. The first-order valence-corrected chi connectivity index (χ1v) is 15.3. The third-order valence-electron chi connectivity index (χ3n) is 8.19. The van der Waals surface area contributed by atoms with Gasteiger partial charge in [0.05, 0.1) is 29.8 Å². The lowest BCUT2D eigenvalue weighted by Gasteiger charge is -2.25. The Bertz CT molecular complexity index is 1710. The van der Waals surface area contributed by atoms with Crippen LogP contribution in [0.4, 0.5) is 5.95 Å². The Labute approximate surface area is 265 Å². The van der Waals surface area contributed by atoms with Crippen LogP contribution in [-0.4, -0.2) is 79.9 Å². The summed E-state index contributed by atoms with van der Waals surface area (Å²) in [6, 6.07) is 12.5. The number of carbonyl (C=O) groups is 2. The normalized spacial score (nSPS) is 16.6. The van der Waals surface area contributed by atoms with Crippen molar-refractivity contribution in [3.8, 4) is 11.3 Å². The first-order valence-electron chi connectivity index (χ1n) is 14.9. The third kappa shape index (κ3) is 6.95. The summed E-state index contributed by atoms with van der Waals surface area (Å²) in [4.78, 5) is 49.5. The molecule has 3 N–H and O–H groups in total. The minimum absolute atomic E-state index is 0.204. The maximum absolute atomic E-state index is 13.9. The van der Waals surface area contributed by atoms with Crippen LogP contribution < -0.4 is 5.32 Å². The van der Waals surface area contributed by atoms with Crippen LogP contribution in [0.5, 0.6) is 0 Å². The molecule has 1 unspecified atom stereocenters. The average Bonchev–Trinajstić information content (AvgIpc) is 3.69. The van der Waals surface area contributed by atoms with Gasteiger partial charge in [-0.1, -0.05) is 53.6 Å². The van der Waals surface area contributed by atoms with Crippen LogP contribution in [0.2, 0.25) is 5.02 Å². The quantitative estimate of drug-likeness (QED) is 0.220. The molecule has 45 heavy (non-hydrogen) atoms. The SMILES string of the molecule is Cc1cccc(C(C=NC(=O)[C@@H](Cc2cnc[nH]2)N2Cc3ccc(-c4nc(NC5CCOCC5)ncc4Cl)cc3C2=O)CO)c1. The standard InChI is InChI=1S/C33H34ClN7O4/c1-20-3-2-4-21(11-20)24(18-42)14-36-31(43)29(13-26-15-35-19-38-26)41-17-23-6-5-22(12-27(23)32(41)44)30-28(34)16-37-33(40-30)39-25-7-9-45-10-8-25/h2-6,11-12,14-16,19,24-25,29,42H,7-10,13,17-18H2,1H3,(H,35,38)(H,37,39,40)/t24?,29-/m1/s1. The molecule has 2 aromatic heterocycles. The van der Waals surface area contributed by atoms with Crippen LogP contribution in [0, 0.1) is 6.92 Å². The van der Waals surface area contributed by atoms with Gasteiger partial charge in [0.2, 0.25) is 5.95 Å². The number of aromatic amines is 1. The first-order chi connectivity index (χ1) is 21.9. The van der Waals surface area contributed by atoms with Crippen molar-refractivity contribution in [2.45, 2.75) is 50.7 Å². The average molecular weight is 628 g/mol. The molecule has 4 aromatic rings. The number of imidazole rings is 1. The second-order valence-corrected chi connectivity index (χ2v) is 11.7. The number of rotatable bonds is 10. The Morgan fingerprint density at radius 1 is 1.24 bits per heavy atom. The summed E-state index contributed by atoms with van der Waals surface area (Å²) < 4.78 is 5.44. The van der Waals surface area contributed by atoms with E-state index in [0.717, 1.165) is 29.5 Å². The van der Waals surface area contributed by atoms with Gasteiger partial charge in [-0.2, -0.15) is 0 Å². The summed E-state index contributed by atoms with van der Waals surface area (Å²) in [6.07, 6.45) is 8.10. The van der Waals surface area contributed by atoms with Crippen molar-refractivity contribution < 1.29 is 19.4 Å². The molecule has 2 atom stereocenters. The number of aliphatic imine (C=N–C) groups is 1. The van der Waals surface area contributed by atoms with E-state index in [9.17, 15) is 14.7 Å². The number of halogens is 1. The number of carbonyl (C=O) groups excluding carboxylic acids is 2. The van der Waals surface area contributed by atoms with Gasteiger partial charge in [0.25, 0.3) is 11.8 Å². The summed E-state index contributed by atoms with van der Waals surface area (Å²) in [6.45, 7) is 3.37. The van der Waals surface area contributed by atoms with Crippen LogP contribution >= 0.6 is 11.6 Å².